The quantitative estimate of drug-likeness (QED) is 0.355. The number of ether oxygens (including phenoxy) is 1. The summed E-state index contributed by atoms with van der Waals surface area (Å²) in [5.74, 6) is 1.23. The highest BCUT2D eigenvalue weighted by atomic mass is 32.2. The summed E-state index contributed by atoms with van der Waals surface area (Å²) in [6.07, 6.45) is 5.40. The molecule has 0 aliphatic heterocycles. The van der Waals surface area contributed by atoms with E-state index in [4.69, 9.17) is 4.74 Å². The standard InChI is InChI=1S/C26H33N3O5S/c1-19(26(31)27-22-6-4-3-5-7-22)28(16-20-10-14-24(34-2)15-11-20)25(30)18-35-17-21-8-12-23(13-9-21)29(32)33/h8-15,19,22H,3-7,16-18H2,1-2H3,(H,27,31). The number of nitro benzene ring substituents is 1. The monoisotopic (exact) mass is 499 g/mol. The summed E-state index contributed by atoms with van der Waals surface area (Å²) in [7, 11) is 1.60. The molecule has 2 amide bonds. The lowest BCUT2D eigenvalue weighted by molar-refractivity contribution is -0.384. The van der Waals surface area contributed by atoms with Crippen LogP contribution in [0.25, 0.3) is 0 Å². The number of thioether (sulfide) groups is 1. The molecule has 1 N–H and O–H groups in total. The van der Waals surface area contributed by atoms with Crippen LogP contribution in [0, 0.1) is 10.1 Å². The lowest BCUT2D eigenvalue weighted by Crippen LogP contribution is -2.50. The fourth-order valence-electron chi connectivity index (χ4n) is 4.13. The van der Waals surface area contributed by atoms with Gasteiger partial charge in [0, 0.05) is 30.5 Å². The Morgan fingerprint density at radius 2 is 1.71 bits per heavy atom. The summed E-state index contributed by atoms with van der Waals surface area (Å²) in [5.41, 5.74) is 1.85. The molecule has 1 atom stereocenters. The number of benzene rings is 2. The molecule has 0 spiro atoms. The molecule has 2 aromatic rings. The smallest absolute Gasteiger partial charge is 0.269 e. The van der Waals surface area contributed by atoms with Crippen LogP contribution < -0.4 is 10.1 Å². The molecule has 3 rings (SSSR count). The molecular weight excluding hydrogens is 466 g/mol. The molecule has 1 aliphatic carbocycles. The summed E-state index contributed by atoms with van der Waals surface area (Å²) in [5, 5.41) is 14.0. The molecule has 0 heterocycles. The average molecular weight is 500 g/mol. The van der Waals surface area contributed by atoms with E-state index in [1.807, 2.05) is 24.3 Å². The second-order valence-electron chi connectivity index (χ2n) is 8.81. The third kappa shape index (κ3) is 7.99. The molecule has 0 radical (unpaired) electrons. The molecule has 1 saturated carbocycles. The average Bonchev–Trinajstić information content (AvgIpc) is 2.88. The van der Waals surface area contributed by atoms with Crippen LogP contribution in [-0.2, 0) is 21.9 Å². The van der Waals surface area contributed by atoms with Gasteiger partial charge in [0.05, 0.1) is 17.8 Å². The van der Waals surface area contributed by atoms with Crippen LogP contribution in [0.2, 0.25) is 0 Å². The van der Waals surface area contributed by atoms with Gasteiger partial charge in [-0.25, -0.2) is 0 Å². The molecule has 0 aromatic heterocycles. The maximum absolute atomic E-state index is 13.3. The first-order chi connectivity index (χ1) is 16.9. The number of nitrogens with one attached hydrogen (secondary N) is 1. The van der Waals surface area contributed by atoms with E-state index in [0.717, 1.165) is 42.6 Å². The van der Waals surface area contributed by atoms with Crippen molar-refractivity contribution in [2.24, 2.45) is 0 Å². The number of carbonyl (C=O) groups excluding carboxylic acids is 2. The van der Waals surface area contributed by atoms with E-state index in [1.54, 1.807) is 31.1 Å². The molecule has 9 heteroatoms. The number of non-ortho nitro benzene ring substituents is 1. The Labute approximate surface area is 210 Å². The third-order valence-electron chi connectivity index (χ3n) is 6.27. The van der Waals surface area contributed by atoms with E-state index in [-0.39, 0.29) is 29.3 Å². The lowest BCUT2D eigenvalue weighted by Gasteiger charge is -2.31. The molecule has 8 nitrogen and oxygen atoms in total. The molecule has 0 saturated heterocycles. The molecule has 1 unspecified atom stereocenters. The predicted octanol–water partition coefficient (Wildman–Crippen LogP) is 4.70. The molecule has 188 valence electrons. The van der Waals surface area contributed by atoms with Gasteiger partial charge in [0.2, 0.25) is 11.8 Å². The highest BCUT2D eigenvalue weighted by Crippen LogP contribution is 2.21. The summed E-state index contributed by atoms with van der Waals surface area (Å²) < 4.78 is 5.22. The topological polar surface area (TPSA) is 102 Å². The molecule has 2 aromatic carbocycles. The molecule has 35 heavy (non-hydrogen) atoms. The first kappa shape index (κ1) is 26.5. The van der Waals surface area contributed by atoms with Crippen molar-refractivity contribution in [1.29, 1.82) is 0 Å². The Morgan fingerprint density at radius 3 is 2.31 bits per heavy atom. The number of hydrogen-bond acceptors (Lipinski definition) is 6. The third-order valence-corrected chi connectivity index (χ3v) is 7.26. The normalized spacial score (nSPS) is 14.7. The summed E-state index contributed by atoms with van der Waals surface area (Å²) in [6, 6.07) is 13.4. The lowest BCUT2D eigenvalue weighted by atomic mass is 9.95. The minimum absolute atomic E-state index is 0.0401. The number of carbonyl (C=O) groups is 2. The van der Waals surface area contributed by atoms with E-state index >= 15 is 0 Å². The van der Waals surface area contributed by atoms with Crippen LogP contribution in [-0.4, -0.2) is 46.6 Å². The van der Waals surface area contributed by atoms with Crippen LogP contribution in [0.1, 0.15) is 50.2 Å². The SMILES string of the molecule is COc1ccc(CN(C(=O)CSCc2ccc([N+](=O)[O-])cc2)C(C)C(=O)NC2CCCCC2)cc1. The van der Waals surface area contributed by atoms with Gasteiger partial charge in [0.25, 0.3) is 5.69 Å². The zero-order valence-electron chi connectivity index (χ0n) is 20.3. The van der Waals surface area contributed by atoms with Crippen molar-refractivity contribution in [3.05, 3.63) is 69.8 Å². The van der Waals surface area contributed by atoms with E-state index < -0.39 is 11.0 Å². The maximum atomic E-state index is 13.3. The fourth-order valence-corrected chi connectivity index (χ4v) is 5.00. The van der Waals surface area contributed by atoms with E-state index in [2.05, 4.69) is 5.32 Å². The summed E-state index contributed by atoms with van der Waals surface area (Å²) in [6.45, 7) is 2.10. The molecule has 1 aliphatic rings. The minimum atomic E-state index is -0.605. The van der Waals surface area contributed by atoms with Crippen LogP contribution in [0.4, 0.5) is 5.69 Å². The van der Waals surface area contributed by atoms with Crippen LogP contribution in [0.15, 0.2) is 48.5 Å². The molecule has 1 fully saturated rings. The fraction of sp³-hybridized carbons (Fsp3) is 0.462. The zero-order chi connectivity index (χ0) is 25.2. The Balaban J connectivity index is 1.64. The van der Waals surface area contributed by atoms with Gasteiger partial charge in [-0.15, -0.1) is 11.8 Å². The maximum Gasteiger partial charge on any atom is 0.269 e. The van der Waals surface area contributed by atoms with E-state index in [9.17, 15) is 19.7 Å². The molecule has 0 bridgehead atoms. The predicted molar refractivity (Wildman–Crippen MR) is 137 cm³/mol. The van der Waals surface area contributed by atoms with Crippen molar-refractivity contribution >= 4 is 29.3 Å². The first-order valence-corrected chi connectivity index (χ1v) is 13.1. The second kappa shape index (κ2) is 13.1. The number of rotatable bonds is 11. The summed E-state index contributed by atoms with van der Waals surface area (Å²) >= 11 is 1.43. The Kier molecular flexibility index (Phi) is 9.96. The van der Waals surface area contributed by atoms with Crippen LogP contribution in [0.3, 0.4) is 0 Å². The number of amides is 2. The highest BCUT2D eigenvalue weighted by molar-refractivity contribution is 7.99. The Bertz CT molecular complexity index is 991. The van der Waals surface area contributed by atoms with Crippen molar-refractivity contribution < 1.29 is 19.2 Å². The second-order valence-corrected chi connectivity index (χ2v) is 9.79. The van der Waals surface area contributed by atoms with E-state index in [0.29, 0.717) is 12.3 Å². The highest BCUT2D eigenvalue weighted by Gasteiger charge is 2.28. The Hall–Kier alpha value is -3.07. The van der Waals surface area contributed by atoms with Crippen LogP contribution in [0.5, 0.6) is 5.75 Å². The van der Waals surface area contributed by atoms with Gasteiger partial charge < -0.3 is 15.0 Å². The number of hydrogen-bond donors (Lipinski definition) is 1. The van der Waals surface area contributed by atoms with Gasteiger partial charge in [-0.1, -0.05) is 43.5 Å². The van der Waals surface area contributed by atoms with Gasteiger partial charge in [-0.2, -0.15) is 0 Å². The van der Waals surface area contributed by atoms with E-state index in [1.165, 1.54) is 30.3 Å². The zero-order valence-corrected chi connectivity index (χ0v) is 21.1. The van der Waals surface area contributed by atoms with Crippen LogP contribution >= 0.6 is 11.8 Å². The van der Waals surface area contributed by atoms with Crippen molar-refractivity contribution in [2.75, 3.05) is 12.9 Å². The van der Waals surface area contributed by atoms with Crippen molar-refractivity contribution in [1.82, 2.24) is 10.2 Å². The van der Waals surface area contributed by atoms with Gasteiger partial charge in [-0.3, -0.25) is 19.7 Å². The van der Waals surface area contributed by atoms with Gasteiger partial charge in [-0.05, 0) is 43.0 Å². The van der Waals surface area contributed by atoms with Gasteiger partial charge >= 0.3 is 0 Å². The van der Waals surface area contributed by atoms with Crippen molar-refractivity contribution in [3.8, 4) is 5.75 Å². The number of nitro groups is 1. The minimum Gasteiger partial charge on any atom is -0.497 e. The number of methoxy groups -OCH3 is 1. The number of nitrogens with zero attached hydrogens (tertiary/aromatic N) is 2. The largest absolute Gasteiger partial charge is 0.497 e. The first-order valence-electron chi connectivity index (χ1n) is 11.9. The Morgan fingerprint density at radius 1 is 1.09 bits per heavy atom. The van der Waals surface area contributed by atoms with Gasteiger partial charge in [0.15, 0.2) is 0 Å². The molecular formula is C26H33N3O5S. The van der Waals surface area contributed by atoms with Gasteiger partial charge in [0.1, 0.15) is 11.8 Å². The van der Waals surface area contributed by atoms with Crippen molar-refractivity contribution in [3.63, 3.8) is 0 Å². The summed E-state index contributed by atoms with van der Waals surface area (Å²) in [4.78, 5) is 38.3. The van der Waals surface area contributed by atoms with Crippen molar-refractivity contribution in [2.45, 2.75) is 63.4 Å².